The number of aromatic nitrogens is 3. The molecule has 1 aromatic carbocycles. The number of carbonyl (C=O) groups excluding carboxylic acids is 1. The number of hydrogen-bond acceptors (Lipinski definition) is 5. The maximum absolute atomic E-state index is 11.5. The maximum atomic E-state index is 11.5. The fraction of sp³-hybridized carbons (Fsp3) is 0.125. The van der Waals surface area contributed by atoms with E-state index in [-0.39, 0.29) is 6.61 Å². The van der Waals surface area contributed by atoms with Crippen LogP contribution in [0.5, 0.6) is 0 Å². The summed E-state index contributed by atoms with van der Waals surface area (Å²) in [5, 5.41) is 12.0. The van der Waals surface area contributed by atoms with Crippen molar-refractivity contribution in [1.82, 2.24) is 15.0 Å². The van der Waals surface area contributed by atoms with Crippen LogP contribution in [0.25, 0.3) is 22.6 Å². The van der Waals surface area contributed by atoms with Gasteiger partial charge in [0.2, 0.25) is 0 Å². The lowest BCUT2D eigenvalue weighted by Crippen LogP contribution is -2.13. The third kappa shape index (κ3) is 3.14. The van der Waals surface area contributed by atoms with Crippen molar-refractivity contribution >= 4 is 34.5 Å². The molecule has 7 nitrogen and oxygen atoms in total. The quantitative estimate of drug-likeness (QED) is 0.755. The van der Waals surface area contributed by atoms with Gasteiger partial charge in [0, 0.05) is 17.4 Å². The second kappa shape index (κ2) is 6.56. The molecule has 3 aromatic rings. The third-order valence-corrected chi connectivity index (χ3v) is 3.54. The van der Waals surface area contributed by atoms with Gasteiger partial charge >= 0.3 is 6.09 Å². The molecule has 0 unspecified atom stereocenters. The highest BCUT2D eigenvalue weighted by molar-refractivity contribution is 6.33. The first-order chi connectivity index (χ1) is 11.6. The van der Waals surface area contributed by atoms with E-state index in [0.717, 1.165) is 0 Å². The van der Waals surface area contributed by atoms with Gasteiger partial charge in [-0.1, -0.05) is 11.6 Å². The van der Waals surface area contributed by atoms with Crippen LogP contribution >= 0.6 is 11.6 Å². The Bertz CT molecular complexity index is 961. The Morgan fingerprint density at radius 1 is 1.46 bits per heavy atom. The number of pyridine rings is 1. The number of ether oxygens (including phenoxy) is 1. The average molecular weight is 342 g/mol. The number of nitrogens with zero attached hydrogens (tertiary/aromatic N) is 3. The number of nitriles is 1. The van der Waals surface area contributed by atoms with E-state index in [1.54, 1.807) is 31.2 Å². The summed E-state index contributed by atoms with van der Waals surface area (Å²) in [4.78, 5) is 23.1. The number of H-pyrrole nitrogens is 1. The van der Waals surface area contributed by atoms with Gasteiger partial charge in [-0.2, -0.15) is 5.26 Å². The molecule has 0 saturated heterocycles. The monoisotopic (exact) mass is 341 g/mol. The summed E-state index contributed by atoms with van der Waals surface area (Å²) in [5.74, 6) is 0.491. The van der Waals surface area contributed by atoms with Crippen LogP contribution in [0.4, 0.5) is 10.5 Å². The summed E-state index contributed by atoms with van der Waals surface area (Å²) >= 11 is 6.24. The third-order valence-electron chi connectivity index (χ3n) is 3.21. The number of benzene rings is 1. The standard InChI is InChI=1S/C16H12ClN5O2/c1-2-24-16(23)20-10-3-4-12(17)11(6-10)14-21-13-5-9(7-18)8-19-15(13)22-14/h3-6,8H,2H2,1H3,(H,20,23)(H,19,21,22). The molecule has 8 heteroatoms. The molecule has 24 heavy (non-hydrogen) atoms. The number of carbonyl (C=O) groups is 1. The lowest BCUT2D eigenvalue weighted by Gasteiger charge is -2.07. The highest BCUT2D eigenvalue weighted by Gasteiger charge is 2.12. The second-order valence-corrected chi connectivity index (χ2v) is 5.24. The minimum atomic E-state index is -0.546. The smallest absolute Gasteiger partial charge is 0.411 e. The number of halogens is 1. The number of nitrogens with one attached hydrogen (secondary N) is 2. The molecule has 0 fully saturated rings. The van der Waals surface area contributed by atoms with E-state index in [1.165, 1.54) is 6.20 Å². The Morgan fingerprint density at radius 2 is 2.29 bits per heavy atom. The van der Waals surface area contributed by atoms with E-state index in [2.05, 4.69) is 20.3 Å². The second-order valence-electron chi connectivity index (χ2n) is 4.83. The Hall–Kier alpha value is -3.11. The van der Waals surface area contributed by atoms with Crippen LogP contribution in [0.3, 0.4) is 0 Å². The molecule has 0 bridgehead atoms. The highest BCUT2D eigenvalue weighted by Crippen LogP contribution is 2.30. The predicted octanol–water partition coefficient (Wildman–Crippen LogP) is 3.72. The molecule has 0 aliphatic heterocycles. The van der Waals surface area contributed by atoms with Gasteiger partial charge in [-0.25, -0.2) is 14.8 Å². The molecule has 1 amide bonds. The normalized spacial score (nSPS) is 10.4. The maximum Gasteiger partial charge on any atom is 0.411 e. The molecular formula is C16H12ClN5O2. The molecule has 0 radical (unpaired) electrons. The van der Waals surface area contributed by atoms with Gasteiger partial charge in [-0.15, -0.1) is 0 Å². The van der Waals surface area contributed by atoms with Gasteiger partial charge in [0.15, 0.2) is 5.65 Å². The van der Waals surface area contributed by atoms with E-state index < -0.39 is 6.09 Å². The summed E-state index contributed by atoms with van der Waals surface area (Å²) in [6.45, 7) is 2.01. The van der Waals surface area contributed by atoms with Crippen LogP contribution < -0.4 is 5.32 Å². The van der Waals surface area contributed by atoms with Crippen molar-refractivity contribution in [1.29, 1.82) is 5.26 Å². The van der Waals surface area contributed by atoms with Gasteiger partial charge in [-0.05, 0) is 31.2 Å². The first-order valence-electron chi connectivity index (χ1n) is 7.10. The van der Waals surface area contributed by atoms with E-state index in [1.807, 2.05) is 6.07 Å². The zero-order valence-electron chi connectivity index (χ0n) is 12.6. The number of hydrogen-bond donors (Lipinski definition) is 2. The SMILES string of the molecule is CCOC(=O)Nc1ccc(Cl)c(-c2nc3ncc(C#N)cc3[nH]2)c1. The summed E-state index contributed by atoms with van der Waals surface area (Å²) in [6, 6.07) is 8.68. The van der Waals surface area contributed by atoms with Gasteiger partial charge in [0.25, 0.3) is 0 Å². The molecule has 2 N–H and O–H groups in total. The largest absolute Gasteiger partial charge is 0.450 e. The molecule has 0 atom stereocenters. The van der Waals surface area contributed by atoms with Crippen LogP contribution in [-0.4, -0.2) is 27.7 Å². The van der Waals surface area contributed by atoms with Crippen LogP contribution in [0.2, 0.25) is 5.02 Å². The summed E-state index contributed by atoms with van der Waals surface area (Å²) in [6.07, 6.45) is 0.906. The van der Waals surface area contributed by atoms with Gasteiger partial charge in [-0.3, -0.25) is 5.32 Å². The van der Waals surface area contributed by atoms with E-state index in [9.17, 15) is 4.79 Å². The van der Waals surface area contributed by atoms with Gasteiger partial charge < -0.3 is 9.72 Å². The van der Waals surface area contributed by atoms with Gasteiger partial charge in [0.05, 0.1) is 22.7 Å². The fourth-order valence-corrected chi connectivity index (χ4v) is 2.37. The first kappa shape index (κ1) is 15.8. The van der Waals surface area contributed by atoms with Crippen LogP contribution in [0, 0.1) is 11.3 Å². The summed E-state index contributed by atoms with van der Waals surface area (Å²) in [5.41, 5.74) is 2.66. The number of amides is 1. The number of rotatable bonds is 3. The molecule has 0 aliphatic carbocycles. The minimum Gasteiger partial charge on any atom is -0.450 e. The Morgan fingerprint density at radius 3 is 3.04 bits per heavy atom. The lowest BCUT2D eigenvalue weighted by molar-refractivity contribution is 0.168. The molecule has 2 heterocycles. The molecular weight excluding hydrogens is 330 g/mol. The van der Waals surface area contributed by atoms with E-state index >= 15 is 0 Å². The fourth-order valence-electron chi connectivity index (χ4n) is 2.16. The number of aromatic amines is 1. The van der Waals surface area contributed by atoms with Crippen LogP contribution in [0.15, 0.2) is 30.5 Å². The molecule has 0 spiro atoms. The number of imidazole rings is 1. The number of anilines is 1. The molecule has 0 saturated carbocycles. The van der Waals surface area contributed by atoms with Crippen molar-refractivity contribution in [3.05, 3.63) is 41.0 Å². The van der Waals surface area contributed by atoms with Crippen molar-refractivity contribution in [2.75, 3.05) is 11.9 Å². The Labute approximate surface area is 142 Å². The zero-order chi connectivity index (χ0) is 17.1. The van der Waals surface area contributed by atoms with Crippen molar-refractivity contribution < 1.29 is 9.53 Å². The molecule has 3 rings (SSSR count). The van der Waals surface area contributed by atoms with Crippen LogP contribution in [0.1, 0.15) is 12.5 Å². The van der Waals surface area contributed by atoms with Crippen molar-refractivity contribution in [3.8, 4) is 17.5 Å². The van der Waals surface area contributed by atoms with Crippen molar-refractivity contribution in [2.45, 2.75) is 6.92 Å². The molecule has 2 aromatic heterocycles. The zero-order valence-corrected chi connectivity index (χ0v) is 13.4. The molecule has 120 valence electrons. The first-order valence-corrected chi connectivity index (χ1v) is 7.48. The topological polar surface area (TPSA) is 104 Å². The predicted molar refractivity (Wildman–Crippen MR) is 89.7 cm³/mol. The summed E-state index contributed by atoms with van der Waals surface area (Å²) < 4.78 is 4.85. The number of fused-ring (bicyclic) bond motifs is 1. The molecule has 0 aliphatic rings. The van der Waals surface area contributed by atoms with Crippen molar-refractivity contribution in [2.24, 2.45) is 0 Å². The van der Waals surface area contributed by atoms with Crippen molar-refractivity contribution in [3.63, 3.8) is 0 Å². The lowest BCUT2D eigenvalue weighted by atomic mass is 10.2. The van der Waals surface area contributed by atoms with E-state index in [0.29, 0.717) is 38.8 Å². The highest BCUT2D eigenvalue weighted by atomic mass is 35.5. The Kier molecular flexibility index (Phi) is 4.31. The van der Waals surface area contributed by atoms with Crippen LogP contribution in [-0.2, 0) is 4.74 Å². The average Bonchev–Trinajstić information content (AvgIpc) is 2.99. The van der Waals surface area contributed by atoms with E-state index in [4.69, 9.17) is 21.6 Å². The minimum absolute atomic E-state index is 0.281. The summed E-state index contributed by atoms with van der Waals surface area (Å²) in [7, 11) is 0. The van der Waals surface area contributed by atoms with Gasteiger partial charge in [0.1, 0.15) is 11.9 Å². The Balaban J connectivity index is 1.99.